The van der Waals surface area contributed by atoms with E-state index in [1.807, 2.05) is 0 Å². The van der Waals surface area contributed by atoms with Gasteiger partial charge in [0.25, 0.3) is 0 Å². The molecule has 1 aromatic carbocycles. The highest BCUT2D eigenvalue weighted by Crippen LogP contribution is 2.12. The van der Waals surface area contributed by atoms with Crippen molar-refractivity contribution in [1.82, 2.24) is 4.90 Å². The van der Waals surface area contributed by atoms with Crippen molar-refractivity contribution in [3.05, 3.63) is 29.8 Å². The van der Waals surface area contributed by atoms with E-state index in [2.05, 4.69) is 17.0 Å². The van der Waals surface area contributed by atoms with Crippen LogP contribution in [0.25, 0.3) is 0 Å². The van der Waals surface area contributed by atoms with E-state index in [-0.39, 0.29) is 6.03 Å². The second kappa shape index (κ2) is 8.19. The van der Waals surface area contributed by atoms with E-state index >= 15 is 0 Å². The summed E-state index contributed by atoms with van der Waals surface area (Å²) in [6, 6.07) is 6.52. The van der Waals surface area contributed by atoms with Gasteiger partial charge in [0.15, 0.2) is 0 Å². The van der Waals surface area contributed by atoms with Crippen molar-refractivity contribution in [2.24, 2.45) is 0 Å². The minimum Gasteiger partial charge on any atom is -0.465 e. The molecule has 0 unspecified atom stereocenters. The molecule has 0 spiro atoms. The van der Waals surface area contributed by atoms with Gasteiger partial charge in [-0.25, -0.2) is 9.59 Å². The van der Waals surface area contributed by atoms with Gasteiger partial charge in [-0.05, 0) is 24.6 Å². The highest BCUT2D eigenvalue weighted by molar-refractivity contribution is 5.93. The molecular weight excluding hydrogens is 256 g/mol. The van der Waals surface area contributed by atoms with Crippen LogP contribution >= 0.6 is 0 Å². The number of amides is 2. The highest BCUT2D eigenvalue weighted by Gasteiger charge is 2.10. The van der Waals surface area contributed by atoms with E-state index in [0.29, 0.717) is 11.3 Å². The number of methoxy groups -OCH3 is 1. The lowest BCUT2D eigenvalue weighted by Crippen LogP contribution is -2.32. The second-order valence-electron chi connectivity index (χ2n) is 4.63. The molecule has 0 radical (unpaired) electrons. The predicted molar refractivity (Wildman–Crippen MR) is 79.0 cm³/mol. The van der Waals surface area contributed by atoms with Gasteiger partial charge in [-0.1, -0.05) is 25.8 Å². The van der Waals surface area contributed by atoms with Gasteiger partial charge in [0.05, 0.1) is 12.7 Å². The van der Waals surface area contributed by atoms with E-state index < -0.39 is 5.97 Å². The summed E-state index contributed by atoms with van der Waals surface area (Å²) in [7, 11) is 3.09. The van der Waals surface area contributed by atoms with Crippen LogP contribution in [0, 0.1) is 0 Å². The first kappa shape index (κ1) is 16.0. The molecule has 110 valence electrons. The molecule has 0 saturated carbocycles. The summed E-state index contributed by atoms with van der Waals surface area (Å²) in [6.07, 6.45) is 3.22. The number of rotatable bonds is 6. The third kappa shape index (κ3) is 4.91. The molecule has 2 amide bonds. The Kier molecular flexibility index (Phi) is 6.56. The van der Waals surface area contributed by atoms with E-state index in [9.17, 15) is 9.59 Å². The summed E-state index contributed by atoms with van der Waals surface area (Å²) < 4.78 is 4.65. The first-order valence-electron chi connectivity index (χ1n) is 6.79. The molecule has 20 heavy (non-hydrogen) atoms. The van der Waals surface area contributed by atoms with Crippen molar-refractivity contribution < 1.29 is 14.3 Å². The number of nitrogens with zero attached hydrogens (tertiary/aromatic N) is 1. The third-order valence-corrected chi connectivity index (χ3v) is 2.98. The van der Waals surface area contributed by atoms with Crippen molar-refractivity contribution in [3.8, 4) is 0 Å². The van der Waals surface area contributed by atoms with Gasteiger partial charge in [0.1, 0.15) is 0 Å². The molecule has 0 heterocycles. The summed E-state index contributed by atoms with van der Waals surface area (Å²) >= 11 is 0. The molecule has 0 aliphatic carbocycles. The topological polar surface area (TPSA) is 58.6 Å². The summed E-state index contributed by atoms with van der Waals surface area (Å²) in [6.45, 7) is 2.84. The number of urea groups is 1. The van der Waals surface area contributed by atoms with Crippen LogP contribution in [0.2, 0.25) is 0 Å². The molecule has 5 heteroatoms. The highest BCUT2D eigenvalue weighted by atomic mass is 16.5. The monoisotopic (exact) mass is 278 g/mol. The molecule has 5 nitrogen and oxygen atoms in total. The van der Waals surface area contributed by atoms with Crippen LogP contribution in [0.1, 0.15) is 36.5 Å². The fourth-order valence-electron chi connectivity index (χ4n) is 1.76. The maximum Gasteiger partial charge on any atom is 0.337 e. The van der Waals surface area contributed by atoms with Gasteiger partial charge < -0.3 is 15.0 Å². The van der Waals surface area contributed by atoms with Gasteiger partial charge in [0.2, 0.25) is 0 Å². The number of carbonyl (C=O) groups excluding carboxylic acids is 2. The standard InChI is InChI=1S/C15H22N2O3/c1-4-5-6-10-17(2)15(19)16-13-9-7-8-12(11-13)14(18)20-3/h7-9,11H,4-6,10H2,1-3H3,(H,16,19). The van der Waals surface area contributed by atoms with Crippen LogP contribution < -0.4 is 5.32 Å². The number of ether oxygens (including phenoxy) is 1. The lowest BCUT2D eigenvalue weighted by atomic mass is 10.2. The Labute approximate surface area is 119 Å². The minimum absolute atomic E-state index is 0.178. The van der Waals surface area contributed by atoms with E-state index in [1.54, 1.807) is 36.2 Å². The average molecular weight is 278 g/mol. The third-order valence-electron chi connectivity index (χ3n) is 2.98. The van der Waals surface area contributed by atoms with Gasteiger partial charge in [-0.2, -0.15) is 0 Å². The zero-order valence-electron chi connectivity index (χ0n) is 12.3. The zero-order chi connectivity index (χ0) is 15.0. The number of hydrogen-bond donors (Lipinski definition) is 1. The molecule has 1 rings (SSSR count). The first-order chi connectivity index (χ1) is 9.58. The second-order valence-corrected chi connectivity index (χ2v) is 4.63. The SMILES string of the molecule is CCCCCN(C)C(=O)Nc1cccc(C(=O)OC)c1. The van der Waals surface area contributed by atoms with E-state index in [0.717, 1.165) is 25.8 Å². The van der Waals surface area contributed by atoms with Gasteiger partial charge in [-0.3, -0.25) is 0 Å². The summed E-state index contributed by atoms with van der Waals surface area (Å²) in [4.78, 5) is 25.0. The van der Waals surface area contributed by atoms with Crippen LogP contribution in [0.5, 0.6) is 0 Å². The van der Waals surface area contributed by atoms with Crippen LogP contribution in [0.15, 0.2) is 24.3 Å². The Balaban J connectivity index is 2.59. The smallest absolute Gasteiger partial charge is 0.337 e. The molecule has 0 fully saturated rings. The van der Waals surface area contributed by atoms with Crippen molar-refractivity contribution in [1.29, 1.82) is 0 Å². The number of nitrogens with one attached hydrogen (secondary N) is 1. The van der Waals surface area contributed by atoms with Crippen molar-refractivity contribution in [2.75, 3.05) is 26.0 Å². The predicted octanol–water partition coefficient (Wildman–Crippen LogP) is 3.13. The maximum absolute atomic E-state index is 12.0. The fraction of sp³-hybridized carbons (Fsp3) is 0.467. The number of carbonyl (C=O) groups is 2. The van der Waals surface area contributed by atoms with Gasteiger partial charge >= 0.3 is 12.0 Å². The Hall–Kier alpha value is -2.04. The Morgan fingerprint density at radius 3 is 2.70 bits per heavy atom. The Bertz CT molecular complexity index is 460. The fourth-order valence-corrected chi connectivity index (χ4v) is 1.76. The Morgan fingerprint density at radius 2 is 2.05 bits per heavy atom. The number of unbranched alkanes of at least 4 members (excludes halogenated alkanes) is 2. The lowest BCUT2D eigenvalue weighted by molar-refractivity contribution is 0.0600. The van der Waals surface area contributed by atoms with Crippen LogP contribution in [-0.2, 0) is 4.74 Å². The average Bonchev–Trinajstić information content (AvgIpc) is 2.46. The van der Waals surface area contributed by atoms with E-state index in [4.69, 9.17) is 0 Å². The summed E-state index contributed by atoms with van der Waals surface area (Å²) in [5.74, 6) is -0.419. The normalized spacial score (nSPS) is 9.95. The molecule has 1 aromatic rings. The molecule has 0 atom stereocenters. The van der Waals surface area contributed by atoms with Gasteiger partial charge in [0, 0.05) is 19.3 Å². The molecule has 0 saturated heterocycles. The lowest BCUT2D eigenvalue weighted by Gasteiger charge is -2.18. The molecule has 0 aromatic heterocycles. The largest absolute Gasteiger partial charge is 0.465 e. The zero-order valence-corrected chi connectivity index (χ0v) is 12.3. The number of esters is 1. The Morgan fingerprint density at radius 1 is 1.30 bits per heavy atom. The maximum atomic E-state index is 12.0. The molecule has 0 bridgehead atoms. The van der Waals surface area contributed by atoms with Crippen LogP contribution in [0.4, 0.5) is 10.5 Å². The molecule has 0 aliphatic heterocycles. The van der Waals surface area contributed by atoms with Crippen LogP contribution in [-0.4, -0.2) is 37.6 Å². The van der Waals surface area contributed by atoms with Crippen molar-refractivity contribution in [3.63, 3.8) is 0 Å². The van der Waals surface area contributed by atoms with Gasteiger partial charge in [-0.15, -0.1) is 0 Å². The van der Waals surface area contributed by atoms with E-state index in [1.165, 1.54) is 7.11 Å². The van der Waals surface area contributed by atoms with Crippen molar-refractivity contribution >= 4 is 17.7 Å². The number of anilines is 1. The molecular formula is C15H22N2O3. The number of benzene rings is 1. The first-order valence-corrected chi connectivity index (χ1v) is 6.79. The quantitative estimate of drug-likeness (QED) is 0.642. The molecule has 1 N–H and O–H groups in total. The van der Waals surface area contributed by atoms with Crippen molar-refractivity contribution in [2.45, 2.75) is 26.2 Å². The minimum atomic E-state index is -0.419. The van der Waals surface area contributed by atoms with Crippen LogP contribution in [0.3, 0.4) is 0 Å². The number of hydrogen-bond acceptors (Lipinski definition) is 3. The summed E-state index contributed by atoms with van der Waals surface area (Å²) in [5.41, 5.74) is 0.999. The molecule has 0 aliphatic rings. The summed E-state index contributed by atoms with van der Waals surface area (Å²) in [5, 5.41) is 2.77.